The zero-order valence-electron chi connectivity index (χ0n) is 22.9. The Morgan fingerprint density at radius 3 is 2.23 bits per heavy atom. The number of nitrogens with one attached hydrogen (secondary N) is 1. The van der Waals surface area contributed by atoms with Gasteiger partial charge in [0, 0.05) is 29.5 Å². The minimum absolute atomic E-state index is 0.0767. The number of benzene rings is 4. The lowest BCUT2D eigenvalue weighted by Gasteiger charge is -2.34. The van der Waals surface area contributed by atoms with Crippen LogP contribution in [-0.4, -0.2) is 40.7 Å². The first-order valence-corrected chi connectivity index (χ1v) is 13.3. The second kappa shape index (κ2) is 10.9. The molecule has 0 saturated heterocycles. The maximum absolute atomic E-state index is 14.2. The zero-order valence-corrected chi connectivity index (χ0v) is 22.9. The Kier molecular flexibility index (Phi) is 7.39. The first-order chi connectivity index (χ1) is 19.1. The van der Waals surface area contributed by atoms with Crippen LogP contribution in [0.5, 0.6) is 0 Å². The molecule has 0 aromatic heterocycles. The molecule has 6 nitrogen and oxygen atoms in total. The van der Waals surface area contributed by atoms with E-state index in [1.165, 1.54) is 21.9 Å². The summed E-state index contributed by atoms with van der Waals surface area (Å²) in [6.07, 6.45) is 0.277. The SMILES string of the molecule is CC(C)(C)NC(=O)[C@H](Cc1ccccc1)N(Cc1ccc(F)cc1)C(=O)CN1C(=O)c2cccc3cccc1c23. The molecule has 204 valence electrons. The molecular weight excluding hydrogens is 505 g/mol. The highest BCUT2D eigenvalue weighted by Crippen LogP contribution is 2.37. The third-order valence-electron chi connectivity index (χ3n) is 6.98. The summed E-state index contributed by atoms with van der Waals surface area (Å²) in [4.78, 5) is 44.4. The van der Waals surface area contributed by atoms with Gasteiger partial charge in [-0.05, 0) is 61.5 Å². The van der Waals surface area contributed by atoms with E-state index < -0.39 is 11.6 Å². The van der Waals surface area contributed by atoms with Crippen molar-refractivity contribution in [3.8, 4) is 0 Å². The van der Waals surface area contributed by atoms with Crippen LogP contribution in [0.15, 0.2) is 91.0 Å². The van der Waals surface area contributed by atoms with Crippen LogP contribution < -0.4 is 10.2 Å². The molecule has 1 N–H and O–H groups in total. The molecule has 1 atom stereocenters. The molecule has 1 aliphatic rings. The number of carbonyl (C=O) groups is 3. The van der Waals surface area contributed by atoms with Crippen molar-refractivity contribution >= 4 is 34.2 Å². The van der Waals surface area contributed by atoms with Crippen molar-refractivity contribution in [3.63, 3.8) is 0 Å². The van der Waals surface area contributed by atoms with Crippen LogP contribution >= 0.6 is 0 Å². The van der Waals surface area contributed by atoms with Crippen LogP contribution in [0.3, 0.4) is 0 Å². The second-order valence-electron chi connectivity index (χ2n) is 11.2. The number of hydrogen-bond acceptors (Lipinski definition) is 3. The molecule has 5 rings (SSSR count). The maximum atomic E-state index is 14.2. The molecule has 0 spiro atoms. The highest BCUT2D eigenvalue weighted by atomic mass is 19.1. The third kappa shape index (κ3) is 5.73. The van der Waals surface area contributed by atoms with Crippen molar-refractivity contribution in [1.29, 1.82) is 0 Å². The lowest BCUT2D eigenvalue weighted by Crippen LogP contribution is -2.56. The maximum Gasteiger partial charge on any atom is 0.259 e. The van der Waals surface area contributed by atoms with E-state index >= 15 is 0 Å². The number of nitrogens with zero attached hydrogens (tertiary/aromatic N) is 2. The Balaban J connectivity index is 1.52. The molecule has 0 radical (unpaired) electrons. The molecule has 1 aliphatic heterocycles. The van der Waals surface area contributed by atoms with Gasteiger partial charge in [-0.2, -0.15) is 0 Å². The van der Waals surface area contributed by atoms with E-state index in [0.717, 1.165) is 16.3 Å². The number of anilines is 1. The quantitative estimate of drug-likeness (QED) is 0.323. The highest BCUT2D eigenvalue weighted by Gasteiger charge is 2.36. The van der Waals surface area contributed by atoms with Crippen molar-refractivity contribution in [2.24, 2.45) is 0 Å². The molecular formula is C33H32FN3O3. The average Bonchev–Trinajstić information content (AvgIpc) is 3.19. The molecule has 4 aromatic carbocycles. The Labute approximate surface area is 233 Å². The van der Waals surface area contributed by atoms with E-state index in [1.807, 2.05) is 81.4 Å². The van der Waals surface area contributed by atoms with Gasteiger partial charge in [-0.25, -0.2) is 4.39 Å². The molecule has 0 unspecified atom stereocenters. The summed E-state index contributed by atoms with van der Waals surface area (Å²) in [5, 5.41) is 4.77. The van der Waals surface area contributed by atoms with E-state index in [-0.39, 0.29) is 43.0 Å². The predicted molar refractivity (Wildman–Crippen MR) is 154 cm³/mol. The fraction of sp³-hybridized carbons (Fsp3) is 0.242. The molecule has 40 heavy (non-hydrogen) atoms. The van der Waals surface area contributed by atoms with E-state index in [1.54, 1.807) is 18.2 Å². The summed E-state index contributed by atoms with van der Waals surface area (Å²) in [6, 6.07) is 25.7. The van der Waals surface area contributed by atoms with Gasteiger partial charge in [0.2, 0.25) is 11.8 Å². The van der Waals surface area contributed by atoms with Crippen molar-refractivity contribution in [3.05, 3.63) is 114 Å². The molecule has 0 bridgehead atoms. The van der Waals surface area contributed by atoms with E-state index in [0.29, 0.717) is 16.8 Å². The average molecular weight is 538 g/mol. The van der Waals surface area contributed by atoms with Gasteiger partial charge in [0.25, 0.3) is 5.91 Å². The van der Waals surface area contributed by atoms with Gasteiger partial charge in [0.15, 0.2) is 0 Å². The molecule has 0 saturated carbocycles. The summed E-state index contributed by atoms with van der Waals surface area (Å²) >= 11 is 0. The number of hydrogen-bond donors (Lipinski definition) is 1. The Bertz CT molecular complexity index is 1560. The summed E-state index contributed by atoms with van der Waals surface area (Å²) < 4.78 is 13.7. The van der Waals surface area contributed by atoms with Gasteiger partial charge in [-0.3, -0.25) is 19.3 Å². The summed E-state index contributed by atoms with van der Waals surface area (Å²) in [5.74, 6) is -1.32. The molecule has 7 heteroatoms. The summed E-state index contributed by atoms with van der Waals surface area (Å²) in [7, 11) is 0. The van der Waals surface area contributed by atoms with E-state index in [2.05, 4.69) is 5.32 Å². The van der Waals surface area contributed by atoms with Crippen LogP contribution in [0.4, 0.5) is 10.1 Å². The van der Waals surface area contributed by atoms with Gasteiger partial charge in [0.1, 0.15) is 18.4 Å². The van der Waals surface area contributed by atoms with Crippen LogP contribution in [0.25, 0.3) is 10.8 Å². The second-order valence-corrected chi connectivity index (χ2v) is 11.2. The monoisotopic (exact) mass is 537 g/mol. The highest BCUT2D eigenvalue weighted by molar-refractivity contribution is 6.26. The van der Waals surface area contributed by atoms with Gasteiger partial charge in [0.05, 0.1) is 5.69 Å². The fourth-order valence-electron chi connectivity index (χ4n) is 5.16. The molecule has 0 fully saturated rings. The van der Waals surface area contributed by atoms with Gasteiger partial charge in [-0.1, -0.05) is 66.7 Å². The summed E-state index contributed by atoms with van der Waals surface area (Å²) in [6.45, 7) is 5.50. The number of rotatable bonds is 8. The first-order valence-electron chi connectivity index (χ1n) is 13.3. The van der Waals surface area contributed by atoms with E-state index in [4.69, 9.17) is 0 Å². The fourth-order valence-corrected chi connectivity index (χ4v) is 5.16. The van der Waals surface area contributed by atoms with Crippen LogP contribution in [0.2, 0.25) is 0 Å². The summed E-state index contributed by atoms with van der Waals surface area (Å²) in [5.41, 5.74) is 2.26. The first kappa shape index (κ1) is 27.1. The largest absolute Gasteiger partial charge is 0.350 e. The lowest BCUT2D eigenvalue weighted by atomic mass is 10.0. The normalized spacial score (nSPS) is 13.4. The predicted octanol–water partition coefficient (Wildman–Crippen LogP) is 5.49. The Morgan fingerprint density at radius 2 is 1.55 bits per heavy atom. The van der Waals surface area contributed by atoms with Crippen molar-refractivity contribution in [2.45, 2.75) is 45.3 Å². The van der Waals surface area contributed by atoms with Crippen LogP contribution in [-0.2, 0) is 22.6 Å². The molecule has 1 heterocycles. The van der Waals surface area contributed by atoms with Gasteiger partial charge < -0.3 is 10.2 Å². The minimum Gasteiger partial charge on any atom is -0.350 e. The van der Waals surface area contributed by atoms with E-state index in [9.17, 15) is 18.8 Å². The van der Waals surface area contributed by atoms with Crippen LogP contribution in [0, 0.1) is 5.82 Å². The third-order valence-corrected chi connectivity index (χ3v) is 6.98. The molecule has 0 aliphatic carbocycles. The van der Waals surface area contributed by atoms with Crippen LogP contribution in [0.1, 0.15) is 42.3 Å². The zero-order chi connectivity index (χ0) is 28.4. The topological polar surface area (TPSA) is 69.7 Å². The molecule has 4 aromatic rings. The van der Waals surface area contributed by atoms with Crippen molar-refractivity contribution < 1.29 is 18.8 Å². The Morgan fingerprint density at radius 1 is 0.875 bits per heavy atom. The number of halogens is 1. The molecule has 3 amide bonds. The van der Waals surface area contributed by atoms with Gasteiger partial charge in [-0.15, -0.1) is 0 Å². The number of carbonyl (C=O) groups excluding carboxylic acids is 3. The minimum atomic E-state index is -0.866. The van der Waals surface area contributed by atoms with Crippen molar-refractivity contribution in [1.82, 2.24) is 10.2 Å². The standard InChI is InChI=1S/C33H32FN3O3/c1-33(2,3)35-31(39)28(19-22-9-5-4-6-10-22)36(20-23-15-17-25(34)18-16-23)29(38)21-37-27-14-8-12-24-11-7-13-26(30(24)27)32(37)40/h4-18,28H,19-21H2,1-3H3,(H,35,39)/t28-/m0/s1. The Hall–Kier alpha value is -4.52. The number of amides is 3. The van der Waals surface area contributed by atoms with Gasteiger partial charge >= 0.3 is 0 Å². The lowest BCUT2D eigenvalue weighted by molar-refractivity contribution is -0.140. The smallest absolute Gasteiger partial charge is 0.259 e. The van der Waals surface area contributed by atoms with Crippen molar-refractivity contribution in [2.75, 3.05) is 11.4 Å².